The maximum atomic E-state index is 9.34. The molecule has 2 aromatic rings. The smallest absolute Gasteiger partial charge is 0.129 e. The van der Waals surface area contributed by atoms with E-state index in [2.05, 4.69) is 21.8 Å². The lowest BCUT2D eigenvalue weighted by atomic mass is 10.1. The summed E-state index contributed by atoms with van der Waals surface area (Å²) in [4.78, 5) is 11.0. The third kappa shape index (κ3) is 3.75. The number of aliphatic hydroxyl groups is 1. The fourth-order valence-electron chi connectivity index (χ4n) is 1.94. The number of hydrogen-bond donors (Lipinski definition) is 1. The van der Waals surface area contributed by atoms with E-state index in [0.29, 0.717) is 0 Å². The van der Waals surface area contributed by atoms with Gasteiger partial charge in [-0.1, -0.05) is 13.3 Å². The molecule has 0 unspecified atom stereocenters. The second-order valence-corrected chi connectivity index (χ2v) is 5.29. The summed E-state index contributed by atoms with van der Waals surface area (Å²) in [6.07, 6.45) is 1.99. The lowest BCUT2D eigenvalue weighted by Crippen LogP contribution is -2.18. The molecule has 19 heavy (non-hydrogen) atoms. The van der Waals surface area contributed by atoms with Crippen LogP contribution >= 0.6 is 11.3 Å². The minimum Gasteiger partial charge on any atom is -0.392 e. The fraction of sp³-hybridized carbons (Fsp3) is 0.429. The van der Waals surface area contributed by atoms with Gasteiger partial charge < -0.3 is 10.0 Å². The molecule has 2 rings (SSSR count). The molecule has 0 atom stereocenters. The average molecular weight is 277 g/mol. The number of aliphatic hydroxyl groups excluding tert-OH is 1. The summed E-state index contributed by atoms with van der Waals surface area (Å²) in [6.45, 7) is 2.92. The fourth-order valence-corrected chi connectivity index (χ4v) is 2.49. The third-order valence-electron chi connectivity index (χ3n) is 2.89. The quantitative estimate of drug-likeness (QED) is 0.882. The van der Waals surface area contributed by atoms with Crippen molar-refractivity contribution in [1.82, 2.24) is 9.97 Å². The van der Waals surface area contributed by atoms with Crippen molar-refractivity contribution in [2.75, 3.05) is 11.9 Å². The molecule has 0 spiro atoms. The molecule has 2 heterocycles. The van der Waals surface area contributed by atoms with Gasteiger partial charge in [0.05, 0.1) is 24.4 Å². The molecule has 4 nitrogen and oxygen atoms in total. The van der Waals surface area contributed by atoms with E-state index in [0.717, 1.165) is 42.2 Å². The Kier molecular flexibility index (Phi) is 4.87. The Balaban J connectivity index is 2.19. The molecule has 1 N–H and O–H groups in total. The number of aryl methyl sites for hydroxylation is 1. The number of nitrogens with zero attached hydrogens (tertiary/aromatic N) is 3. The first-order valence-corrected chi connectivity index (χ1v) is 7.36. The molecule has 2 aromatic heterocycles. The van der Waals surface area contributed by atoms with E-state index in [9.17, 15) is 5.11 Å². The SMILES string of the molecule is CCCc1cc(CO)cc(N(C)Cc2cscn2)n1. The Morgan fingerprint density at radius 2 is 2.16 bits per heavy atom. The summed E-state index contributed by atoms with van der Waals surface area (Å²) in [5, 5.41) is 11.4. The van der Waals surface area contributed by atoms with Crippen molar-refractivity contribution in [1.29, 1.82) is 0 Å². The highest BCUT2D eigenvalue weighted by Crippen LogP contribution is 2.17. The lowest BCUT2D eigenvalue weighted by molar-refractivity contribution is 0.281. The molecular weight excluding hydrogens is 258 g/mol. The average Bonchev–Trinajstić information content (AvgIpc) is 2.91. The maximum Gasteiger partial charge on any atom is 0.129 e. The Bertz CT molecular complexity index is 513. The summed E-state index contributed by atoms with van der Waals surface area (Å²) < 4.78 is 0. The van der Waals surface area contributed by atoms with Gasteiger partial charge >= 0.3 is 0 Å². The van der Waals surface area contributed by atoms with E-state index in [1.54, 1.807) is 11.3 Å². The van der Waals surface area contributed by atoms with Crippen LogP contribution < -0.4 is 4.90 Å². The summed E-state index contributed by atoms with van der Waals surface area (Å²) in [5.74, 6) is 0.892. The van der Waals surface area contributed by atoms with Crippen molar-refractivity contribution in [3.8, 4) is 0 Å². The van der Waals surface area contributed by atoms with Crippen LogP contribution in [0.15, 0.2) is 23.0 Å². The molecule has 0 aliphatic heterocycles. The molecule has 0 aliphatic carbocycles. The van der Waals surface area contributed by atoms with E-state index >= 15 is 0 Å². The van der Waals surface area contributed by atoms with Gasteiger partial charge in [-0.05, 0) is 24.1 Å². The van der Waals surface area contributed by atoms with Crippen molar-refractivity contribution < 1.29 is 5.11 Å². The molecule has 102 valence electrons. The van der Waals surface area contributed by atoms with Crippen molar-refractivity contribution >= 4 is 17.2 Å². The van der Waals surface area contributed by atoms with Gasteiger partial charge in [-0.2, -0.15) is 0 Å². The zero-order chi connectivity index (χ0) is 13.7. The van der Waals surface area contributed by atoms with Crippen LogP contribution in [-0.2, 0) is 19.6 Å². The highest BCUT2D eigenvalue weighted by molar-refractivity contribution is 7.07. The van der Waals surface area contributed by atoms with E-state index < -0.39 is 0 Å². The predicted octanol–water partition coefficient (Wildman–Crippen LogP) is 2.62. The van der Waals surface area contributed by atoms with Gasteiger partial charge in [-0.3, -0.25) is 0 Å². The Morgan fingerprint density at radius 1 is 1.32 bits per heavy atom. The number of anilines is 1. The van der Waals surface area contributed by atoms with E-state index in [4.69, 9.17) is 0 Å². The summed E-state index contributed by atoms with van der Waals surface area (Å²) in [7, 11) is 2.00. The highest BCUT2D eigenvalue weighted by Gasteiger charge is 2.08. The maximum absolute atomic E-state index is 9.34. The van der Waals surface area contributed by atoms with Crippen LogP contribution in [0.3, 0.4) is 0 Å². The van der Waals surface area contributed by atoms with Crippen LogP contribution in [0, 0.1) is 0 Å². The number of hydrogen-bond acceptors (Lipinski definition) is 5. The van der Waals surface area contributed by atoms with Gasteiger partial charge in [0.15, 0.2) is 0 Å². The second kappa shape index (κ2) is 6.63. The van der Waals surface area contributed by atoms with E-state index in [-0.39, 0.29) is 6.61 Å². The molecule has 0 fully saturated rings. The number of aromatic nitrogens is 2. The third-order valence-corrected chi connectivity index (χ3v) is 3.52. The first-order chi connectivity index (χ1) is 9.22. The molecule has 0 aromatic carbocycles. The first-order valence-electron chi connectivity index (χ1n) is 6.41. The lowest BCUT2D eigenvalue weighted by Gasteiger charge is -2.18. The topological polar surface area (TPSA) is 49.2 Å². The Hall–Kier alpha value is -1.46. The number of thiazole rings is 1. The molecule has 0 radical (unpaired) electrons. The predicted molar refractivity (Wildman–Crippen MR) is 78.4 cm³/mol. The molecule has 0 aliphatic rings. The van der Waals surface area contributed by atoms with Crippen LogP contribution in [0.1, 0.15) is 30.3 Å². The van der Waals surface area contributed by atoms with Crippen LogP contribution in [0.2, 0.25) is 0 Å². The summed E-state index contributed by atoms with van der Waals surface area (Å²) in [6, 6.07) is 3.91. The Morgan fingerprint density at radius 3 is 2.79 bits per heavy atom. The Labute approximate surface area is 117 Å². The minimum atomic E-state index is 0.0524. The molecule has 0 saturated heterocycles. The standard InChI is InChI=1S/C14H19N3OS/c1-3-4-12-5-11(8-18)6-14(16-12)17(2)7-13-9-19-10-15-13/h5-6,9-10,18H,3-4,7-8H2,1-2H3. The second-order valence-electron chi connectivity index (χ2n) is 4.57. The van der Waals surface area contributed by atoms with Gasteiger partial charge in [-0.15, -0.1) is 11.3 Å². The van der Waals surface area contributed by atoms with Gasteiger partial charge in [0.25, 0.3) is 0 Å². The molecule has 0 saturated carbocycles. The number of pyridine rings is 1. The molecule has 5 heteroatoms. The van der Waals surface area contributed by atoms with Crippen molar-refractivity contribution in [3.05, 3.63) is 40.0 Å². The van der Waals surface area contributed by atoms with Gasteiger partial charge in [-0.25, -0.2) is 9.97 Å². The summed E-state index contributed by atoms with van der Waals surface area (Å²) in [5.41, 5.74) is 4.83. The normalized spacial score (nSPS) is 10.7. The van der Waals surface area contributed by atoms with Gasteiger partial charge in [0, 0.05) is 18.1 Å². The minimum absolute atomic E-state index is 0.0524. The van der Waals surface area contributed by atoms with Gasteiger partial charge in [0.1, 0.15) is 5.82 Å². The van der Waals surface area contributed by atoms with E-state index in [1.807, 2.05) is 30.1 Å². The largest absolute Gasteiger partial charge is 0.392 e. The van der Waals surface area contributed by atoms with Crippen molar-refractivity contribution in [2.24, 2.45) is 0 Å². The van der Waals surface area contributed by atoms with Crippen LogP contribution in [0.5, 0.6) is 0 Å². The monoisotopic (exact) mass is 277 g/mol. The molecular formula is C14H19N3OS. The van der Waals surface area contributed by atoms with Crippen LogP contribution in [0.25, 0.3) is 0 Å². The first kappa shape index (κ1) is 14.0. The van der Waals surface area contributed by atoms with Crippen LogP contribution in [-0.4, -0.2) is 22.1 Å². The number of rotatable bonds is 6. The van der Waals surface area contributed by atoms with Crippen LogP contribution in [0.4, 0.5) is 5.82 Å². The molecule has 0 bridgehead atoms. The van der Waals surface area contributed by atoms with Crippen molar-refractivity contribution in [2.45, 2.75) is 32.9 Å². The van der Waals surface area contributed by atoms with Crippen molar-refractivity contribution in [3.63, 3.8) is 0 Å². The van der Waals surface area contributed by atoms with Gasteiger partial charge in [0.2, 0.25) is 0 Å². The summed E-state index contributed by atoms with van der Waals surface area (Å²) >= 11 is 1.60. The van der Waals surface area contributed by atoms with E-state index in [1.165, 1.54) is 0 Å². The zero-order valence-corrected chi connectivity index (χ0v) is 12.2. The zero-order valence-electron chi connectivity index (χ0n) is 11.3. The molecule has 0 amide bonds. The highest BCUT2D eigenvalue weighted by atomic mass is 32.1.